The standard InChI is InChI=1S/C7H15NOS/c1-9-7-2-6(3-7)4-8-5-10/h6-8,10H,2-5H2,1H3. The molecule has 0 aromatic heterocycles. The van der Waals surface area contributed by atoms with E-state index in [4.69, 9.17) is 4.74 Å². The average Bonchev–Trinajstić information content (AvgIpc) is 1.86. The van der Waals surface area contributed by atoms with E-state index in [0.29, 0.717) is 6.10 Å². The van der Waals surface area contributed by atoms with Crippen molar-refractivity contribution in [2.45, 2.75) is 18.9 Å². The lowest BCUT2D eigenvalue weighted by atomic mass is 9.82. The molecule has 0 spiro atoms. The van der Waals surface area contributed by atoms with Crippen molar-refractivity contribution in [2.24, 2.45) is 5.92 Å². The molecule has 1 rings (SSSR count). The van der Waals surface area contributed by atoms with Gasteiger partial charge in [0.1, 0.15) is 0 Å². The zero-order valence-corrected chi connectivity index (χ0v) is 7.23. The van der Waals surface area contributed by atoms with Crippen LogP contribution in [0.25, 0.3) is 0 Å². The van der Waals surface area contributed by atoms with Crippen LogP contribution in [0.4, 0.5) is 0 Å². The van der Waals surface area contributed by atoms with Crippen molar-refractivity contribution in [2.75, 3.05) is 19.5 Å². The molecule has 60 valence electrons. The van der Waals surface area contributed by atoms with E-state index in [0.717, 1.165) is 18.3 Å². The Morgan fingerprint density at radius 1 is 1.60 bits per heavy atom. The maximum absolute atomic E-state index is 5.15. The van der Waals surface area contributed by atoms with Gasteiger partial charge in [0.2, 0.25) is 0 Å². The number of thiol groups is 1. The summed E-state index contributed by atoms with van der Waals surface area (Å²) in [5.74, 6) is 1.62. The fraction of sp³-hybridized carbons (Fsp3) is 1.00. The molecule has 1 N–H and O–H groups in total. The van der Waals surface area contributed by atoms with Crippen molar-refractivity contribution in [3.63, 3.8) is 0 Å². The van der Waals surface area contributed by atoms with Gasteiger partial charge in [0.25, 0.3) is 0 Å². The van der Waals surface area contributed by atoms with Gasteiger partial charge in [0.15, 0.2) is 0 Å². The Kier molecular flexibility index (Phi) is 3.52. The van der Waals surface area contributed by atoms with E-state index >= 15 is 0 Å². The molecular formula is C7H15NOS. The Hall–Kier alpha value is 0.270. The maximum atomic E-state index is 5.15. The van der Waals surface area contributed by atoms with Crippen molar-refractivity contribution in [3.8, 4) is 0 Å². The van der Waals surface area contributed by atoms with Crippen LogP contribution in [0.5, 0.6) is 0 Å². The minimum atomic E-state index is 0.534. The quantitative estimate of drug-likeness (QED) is 0.472. The lowest BCUT2D eigenvalue weighted by Gasteiger charge is -2.34. The Morgan fingerprint density at radius 3 is 2.80 bits per heavy atom. The molecule has 3 heteroatoms. The summed E-state index contributed by atoms with van der Waals surface area (Å²) >= 11 is 4.06. The van der Waals surface area contributed by atoms with Crippen LogP contribution >= 0.6 is 12.6 Å². The van der Waals surface area contributed by atoms with E-state index in [2.05, 4.69) is 17.9 Å². The zero-order valence-electron chi connectivity index (χ0n) is 6.34. The minimum Gasteiger partial charge on any atom is -0.381 e. The number of rotatable bonds is 4. The van der Waals surface area contributed by atoms with Gasteiger partial charge in [-0.2, -0.15) is 12.6 Å². The maximum Gasteiger partial charge on any atom is 0.0577 e. The molecule has 0 atom stereocenters. The largest absolute Gasteiger partial charge is 0.381 e. The first kappa shape index (κ1) is 8.37. The molecule has 0 unspecified atom stereocenters. The molecule has 0 aromatic carbocycles. The highest BCUT2D eigenvalue weighted by Gasteiger charge is 2.27. The Morgan fingerprint density at radius 2 is 2.30 bits per heavy atom. The van der Waals surface area contributed by atoms with Crippen LogP contribution in [0.2, 0.25) is 0 Å². The van der Waals surface area contributed by atoms with E-state index in [9.17, 15) is 0 Å². The summed E-state index contributed by atoms with van der Waals surface area (Å²) in [6, 6.07) is 0. The van der Waals surface area contributed by atoms with Gasteiger partial charge in [-0.1, -0.05) is 0 Å². The van der Waals surface area contributed by atoms with Crippen LogP contribution in [0, 0.1) is 5.92 Å². The molecule has 0 radical (unpaired) electrons. The first-order valence-corrected chi connectivity index (χ1v) is 4.34. The summed E-state index contributed by atoms with van der Waals surface area (Å²) in [5, 5.41) is 3.20. The van der Waals surface area contributed by atoms with Gasteiger partial charge in [-0.25, -0.2) is 0 Å². The third kappa shape index (κ3) is 2.15. The second-order valence-electron chi connectivity index (χ2n) is 2.81. The third-order valence-corrected chi connectivity index (χ3v) is 2.29. The van der Waals surface area contributed by atoms with Crippen LogP contribution in [0.3, 0.4) is 0 Å². The number of ether oxygens (including phenoxy) is 1. The molecule has 0 aliphatic heterocycles. The minimum absolute atomic E-state index is 0.534. The van der Waals surface area contributed by atoms with Crippen molar-refractivity contribution >= 4 is 12.6 Å². The number of nitrogens with one attached hydrogen (secondary N) is 1. The summed E-state index contributed by atoms with van der Waals surface area (Å²) in [4.78, 5) is 0. The SMILES string of the molecule is COC1CC(CNCS)C1. The molecule has 0 bridgehead atoms. The van der Waals surface area contributed by atoms with Gasteiger partial charge in [-0.3, -0.25) is 0 Å². The molecule has 0 aromatic rings. The lowest BCUT2D eigenvalue weighted by molar-refractivity contribution is 0.00208. The predicted octanol–water partition coefficient (Wildman–Crippen LogP) is 0.888. The first-order chi connectivity index (χ1) is 4.86. The van der Waals surface area contributed by atoms with Gasteiger partial charge in [0.05, 0.1) is 6.10 Å². The summed E-state index contributed by atoms with van der Waals surface area (Å²) in [7, 11) is 1.78. The fourth-order valence-electron chi connectivity index (χ4n) is 1.30. The Bertz CT molecular complexity index is 90.9. The number of hydrogen-bond donors (Lipinski definition) is 2. The van der Waals surface area contributed by atoms with Crippen LogP contribution < -0.4 is 5.32 Å². The van der Waals surface area contributed by atoms with Gasteiger partial charge in [-0.15, -0.1) is 0 Å². The highest BCUT2D eigenvalue weighted by atomic mass is 32.1. The van der Waals surface area contributed by atoms with Crippen molar-refractivity contribution in [1.82, 2.24) is 5.32 Å². The molecule has 0 saturated heterocycles. The number of hydrogen-bond acceptors (Lipinski definition) is 3. The molecule has 0 amide bonds. The van der Waals surface area contributed by atoms with Crippen molar-refractivity contribution < 1.29 is 4.74 Å². The van der Waals surface area contributed by atoms with Crippen LogP contribution in [-0.2, 0) is 4.74 Å². The molecule has 2 nitrogen and oxygen atoms in total. The van der Waals surface area contributed by atoms with E-state index in [1.165, 1.54) is 12.8 Å². The van der Waals surface area contributed by atoms with Gasteiger partial charge in [-0.05, 0) is 25.3 Å². The summed E-state index contributed by atoms with van der Waals surface area (Å²) in [6.07, 6.45) is 2.97. The van der Waals surface area contributed by atoms with E-state index < -0.39 is 0 Å². The molecule has 1 aliphatic carbocycles. The Labute approximate surface area is 67.7 Å². The Balaban J connectivity index is 1.93. The lowest BCUT2D eigenvalue weighted by Crippen LogP contribution is -2.36. The molecule has 1 aliphatic rings. The van der Waals surface area contributed by atoms with E-state index in [-0.39, 0.29) is 0 Å². The number of methoxy groups -OCH3 is 1. The molecule has 1 fully saturated rings. The average molecular weight is 161 g/mol. The van der Waals surface area contributed by atoms with E-state index in [1.54, 1.807) is 7.11 Å². The molecule has 1 saturated carbocycles. The fourth-order valence-corrected chi connectivity index (χ4v) is 1.43. The predicted molar refractivity (Wildman–Crippen MR) is 45.4 cm³/mol. The molecule has 10 heavy (non-hydrogen) atoms. The molecular weight excluding hydrogens is 146 g/mol. The topological polar surface area (TPSA) is 21.3 Å². The third-order valence-electron chi connectivity index (χ3n) is 2.07. The monoisotopic (exact) mass is 161 g/mol. The smallest absolute Gasteiger partial charge is 0.0577 e. The normalized spacial score (nSPS) is 31.8. The van der Waals surface area contributed by atoms with Crippen LogP contribution in [0.1, 0.15) is 12.8 Å². The van der Waals surface area contributed by atoms with Gasteiger partial charge in [0, 0.05) is 13.0 Å². The summed E-state index contributed by atoms with van der Waals surface area (Å²) in [5.41, 5.74) is 0. The van der Waals surface area contributed by atoms with Crippen molar-refractivity contribution in [1.29, 1.82) is 0 Å². The van der Waals surface area contributed by atoms with E-state index in [1.807, 2.05) is 0 Å². The summed E-state index contributed by atoms with van der Waals surface area (Å²) < 4.78 is 5.15. The highest BCUT2D eigenvalue weighted by Crippen LogP contribution is 2.28. The summed E-state index contributed by atoms with van der Waals surface area (Å²) in [6.45, 7) is 1.10. The first-order valence-electron chi connectivity index (χ1n) is 3.71. The second kappa shape index (κ2) is 4.21. The van der Waals surface area contributed by atoms with Crippen LogP contribution in [-0.4, -0.2) is 25.6 Å². The molecule has 0 heterocycles. The van der Waals surface area contributed by atoms with Gasteiger partial charge >= 0.3 is 0 Å². The highest BCUT2D eigenvalue weighted by molar-refractivity contribution is 7.80. The second-order valence-corrected chi connectivity index (χ2v) is 3.12. The van der Waals surface area contributed by atoms with Crippen molar-refractivity contribution in [3.05, 3.63) is 0 Å². The zero-order chi connectivity index (χ0) is 7.40. The van der Waals surface area contributed by atoms with Gasteiger partial charge < -0.3 is 10.1 Å². The van der Waals surface area contributed by atoms with Crippen LogP contribution in [0.15, 0.2) is 0 Å².